The zero-order chi connectivity index (χ0) is 16.5. The molecule has 2 N–H and O–H groups in total. The number of hydrogen-bond acceptors (Lipinski definition) is 2. The van der Waals surface area contributed by atoms with Gasteiger partial charge in [-0.3, -0.25) is 4.99 Å². The molecule has 0 spiro atoms. The van der Waals surface area contributed by atoms with E-state index in [0.717, 1.165) is 11.8 Å². The molecular weight excluding hydrogens is 268 g/mol. The van der Waals surface area contributed by atoms with Crippen molar-refractivity contribution < 1.29 is 0 Å². The van der Waals surface area contributed by atoms with Crippen LogP contribution in [0.3, 0.4) is 0 Å². The first-order valence-corrected chi connectivity index (χ1v) is 9.52. The molecule has 2 aliphatic rings. The highest BCUT2D eigenvalue weighted by Crippen LogP contribution is 2.57. The van der Waals surface area contributed by atoms with Gasteiger partial charge in [0.25, 0.3) is 0 Å². The third-order valence-corrected chi connectivity index (χ3v) is 6.85. The summed E-state index contributed by atoms with van der Waals surface area (Å²) in [7, 11) is 0. The molecule has 5 atom stereocenters. The Labute approximate surface area is 138 Å². The second-order valence-electron chi connectivity index (χ2n) is 9.16. The molecule has 0 aliphatic heterocycles. The Kier molecular flexibility index (Phi) is 5.42. The lowest BCUT2D eigenvalue weighted by Gasteiger charge is -2.56. The van der Waals surface area contributed by atoms with Crippen LogP contribution in [0.4, 0.5) is 0 Å². The minimum absolute atomic E-state index is 0.158. The van der Waals surface area contributed by atoms with E-state index in [2.05, 4.69) is 47.8 Å². The van der Waals surface area contributed by atoms with Crippen molar-refractivity contribution in [1.82, 2.24) is 0 Å². The summed E-state index contributed by atoms with van der Waals surface area (Å²) in [6.07, 6.45) is 9.91. The summed E-state index contributed by atoms with van der Waals surface area (Å²) in [6, 6.07) is 0.566. The maximum atomic E-state index is 6.35. The van der Waals surface area contributed by atoms with Gasteiger partial charge in [-0.25, -0.2) is 0 Å². The number of rotatable bonds is 7. The molecule has 5 unspecified atom stereocenters. The van der Waals surface area contributed by atoms with Crippen LogP contribution in [0.25, 0.3) is 0 Å². The highest BCUT2D eigenvalue weighted by Gasteiger charge is 2.51. The summed E-state index contributed by atoms with van der Waals surface area (Å²) in [5.41, 5.74) is 7.25. The molecule has 2 saturated carbocycles. The lowest BCUT2D eigenvalue weighted by Crippen LogP contribution is -2.51. The average molecular weight is 307 g/mol. The van der Waals surface area contributed by atoms with Crippen LogP contribution in [-0.2, 0) is 0 Å². The Hall–Kier alpha value is -0.370. The van der Waals surface area contributed by atoms with Crippen LogP contribution in [0.15, 0.2) is 4.99 Å². The molecule has 2 fully saturated rings. The zero-order valence-electron chi connectivity index (χ0n) is 15.7. The highest BCUT2D eigenvalue weighted by molar-refractivity contribution is 5.65. The van der Waals surface area contributed by atoms with Gasteiger partial charge in [0.15, 0.2) is 0 Å². The second-order valence-corrected chi connectivity index (χ2v) is 9.16. The number of nitrogens with two attached hydrogens (primary N) is 1. The third-order valence-electron chi connectivity index (χ3n) is 6.85. The highest BCUT2D eigenvalue weighted by atomic mass is 14.9. The van der Waals surface area contributed by atoms with Crippen molar-refractivity contribution >= 4 is 6.21 Å². The van der Waals surface area contributed by atoms with E-state index in [0.29, 0.717) is 22.8 Å². The van der Waals surface area contributed by atoms with Crippen molar-refractivity contribution in [3.63, 3.8) is 0 Å². The molecule has 22 heavy (non-hydrogen) atoms. The van der Waals surface area contributed by atoms with Crippen molar-refractivity contribution in [2.75, 3.05) is 0 Å². The Balaban J connectivity index is 1.90. The molecule has 0 aromatic rings. The van der Waals surface area contributed by atoms with Crippen molar-refractivity contribution in [2.24, 2.45) is 39.3 Å². The fourth-order valence-electron chi connectivity index (χ4n) is 5.17. The number of aliphatic imine (C=N–C) groups is 1. The minimum atomic E-state index is 0.158. The molecule has 128 valence electrons. The lowest BCUT2D eigenvalue weighted by molar-refractivity contribution is -0.0511. The van der Waals surface area contributed by atoms with Crippen LogP contribution < -0.4 is 5.73 Å². The first-order chi connectivity index (χ1) is 10.2. The molecule has 0 heterocycles. The van der Waals surface area contributed by atoms with Gasteiger partial charge in [-0.2, -0.15) is 0 Å². The van der Waals surface area contributed by atoms with E-state index in [1.165, 1.54) is 38.5 Å². The van der Waals surface area contributed by atoms with Gasteiger partial charge in [0, 0.05) is 12.3 Å². The van der Waals surface area contributed by atoms with E-state index >= 15 is 0 Å². The molecule has 0 aromatic carbocycles. The second kappa shape index (κ2) is 6.63. The number of hydrogen-bond donors (Lipinski definition) is 1. The van der Waals surface area contributed by atoms with Gasteiger partial charge in [0.2, 0.25) is 0 Å². The van der Waals surface area contributed by atoms with E-state index < -0.39 is 0 Å². The molecule has 2 heteroatoms. The van der Waals surface area contributed by atoms with Crippen molar-refractivity contribution in [3.8, 4) is 0 Å². The fraction of sp³-hybridized carbons (Fsp3) is 0.950. The predicted molar refractivity (Wildman–Crippen MR) is 97.3 cm³/mol. The van der Waals surface area contributed by atoms with Crippen LogP contribution in [-0.4, -0.2) is 18.3 Å². The monoisotopic (exact) mass is 306 g/mol. The normalized spacial score (nSPS) is 37.6. The zero-order valence-corrected chi connectivity index (χ0v) is 15.7. The van der Waals surface area contributed by atoms with Crippen molar-refractivity contribution in [2.45, 2.75) is 92.2 Å². The van der Waals surface area contributed by atoms with Crippen LogP contribution in [0.5, 0.6) is 0 Å². The topological polar surface area (TPSA) is 38.4 Å². The lowest BCUT2D eigenvalue weighted by atomic mass is 9.50. The molecule has 0 amide bonds. The van der Waals surface area contributed by atoms with E-state index in [4.69, 9.17) is 10.7 Å². The first-order valence-electron chi connectivity index (χ1n) is 9.52. The molecule has 2 nitrogen and oxygen atoms in total. The van der Waals surface area contributed by atoms with E-state index in [-0.39, 0.29) is 6.04 Å². The Morgan fingerprint density at radius 2 is 1.82 bits per heavy atom. The Morgan fingerprint density at radius 3 is 2.32 bits per heavy atom. The molecule has 0 radical (unpaired) electrons. The van der Waals surface area contributed by atoms with Crippen molar-refractivity contribution in [3.05, 3.63) is 0 Å². The average Bonchev–Trinajstić information content (AvgIpc) is 2.44. The summed E-state index contributed by atoms with van der Waals surface area (Å²) < 4.78 is 0. The Morgan fingerprint density at radius 1 is 1.18 bits per heavy atom. The van der Waals surface area contributed by atoms with E-state index in [9.17, 15) is 0 Å². The van der Waals surface area contributed by atoms with Gasteiger partial charge in [-0.1, -0.05) is 47.5 Å². The van der Waals surface area contributed by atoms with Crippen LogP contribution in [0.2, 0.25) is 0 Å². The molecule has 0 aromatic heterocycles. The maximum absolute atomic E-state index is 6.35. The van der Waals surface area contributed by atoms with Gasteiger partial charge in [0.05, 0.1) is 6.04 Å². The summed E-state index contributed by atoms with van der Waals surface area (Å²) in [5.74, 6) is 2.42. The van der Waals surface area contributed by atoms with Crippen molar-refractivity contribution in [1.29, 1.82) is 0 Å². The van der Waals surface area contributed by atoms with Gasteiger partial charge in [0.1, 0.15) is 0 Å². The van der Waals surface area contributed by atoms with E-state index in [1.807, 2.05) is 0 Å². The predicted octanol–water partition coefficient (Wildman–Crippen LogP) is 5.06. The smallest absolute Gasteiger partial charge is 0.0524 e. The Bertz CT molecular complexity index is 393. The largest absolute Gasteiger partial charge is 0.323 e. The van der Waals surface area contributed by atoms with Gasteiger partial charge >= 0.3 is 0 Å². The number of nitrogens with zero attached hydrogens (tertiary/aromatic N) is 1. The first kappa shape index (κ1) is 18.0. The third kappa shape index (κ3) is 3.42. The molecule has 0 saturated heterocycles. The van der Waals surface area contributed by atoms with Crippen LogP contribution >= 0.6 is 0 Å². The fourth-order valence-corrected chi connectivity index (χ4v) is 5.17. The molecule has 2 aliphatic carbocycles. The molecule has 0 bridgehead atoms. The minimum Gasteiger partial charge on any atom is -0.323 e. The van der Waals surface area contributed by atoms with Gasteiger partial charge in [-0.15, -0.1) is 0 Å². The summed E-state index contributed by atoms with van der Waals surface area (Å²) in [6.45, 7) is 14.1. The van der Waals surface area contributed by atoms with Gasteiger partial charge < -0.3 is 5.73 Å². The molecular formula is C20H38N2. The summed E-state index contributed by atoms with van der Waals surface area (Å²) in [5, 5.41) is 0. The summed E-state index contributed by atoms with van der Waals surface area (Å²) >= 11 is 0. The van der Waals surface area contributed by atoms with Gasteiger partial charge in [-0.05, 0) is 61.2 Å². The standard InChI is InChI=1S/C20H38N2/c1-7-9-17-15(8-2)12-20(17,6)14(3)22-13-18(21)16-10-19(4,5)11-16/h13-18H,7-12,21H2,1-6H3. The van der Waals surface area contributed by atoms with Crippen LogP contribution in [0.1, 0.15) is 80.1 Å². The maximum Gasteiger partial charge on any atom is 0.0524 e. The SMILES string of the molecule is CCCC1C(CC)CC1(C)C(C)N=CC(N)C1CC(C)(C)C1. The molecule has 2 rings (SSSR count). The quantitative estimate of drug-likeness (QED) is 0.656. The van der Waals surface area contributed by atoms with E-state index in [1.54, 1.807) is 0 Å². The summed E-state index contributed by atoms with van der Waals surface area (Å²) in [4.78, 5) is 4.92. The van der Waals surface area contributed by atoms with Crippen LogP contribution in [0, 0.1) is 28.6 Å².